The van der Waals surface area contributed by atoms with Gasteiger partial charge in [-0.15, -0.1) is 0 Å². The summed E-state index contributed by atoms with van der Waals surface area (Å²) in [6.07, 6.45) is 8.93. The zero-order valence-corrected chi connectivity index (χ0v) is 13.5. The molecule has 0 saturated heterocycles. The molecule has 0 aliphatic heterocycles. The summed E-state index contributed by atoms with van der Waals surface area (Å²) in [5.74, 6) is 1.53. The Hall–Kier alpha value is -0.0800. The molecule has 2 nitrogen and oxygen atoms in total. The Morgan fingerprint density at radius 1 is 1.16 bits per heavy atom. The molecular formula is C17H35NO. The largest absolute Gasteiger partial charge is 0.396 e. The topological polar surface area (TPSA) is 32.3 Å². The zero-order valence-electron chi connectivity index (χ0n) is 13.5. The maximum atomic E-state index is 9.05. The molecule has 0 aromatic carbocycles. The third-order valence-corrected chi connectivity index (χ3v) is 5.00. The fraction of sp³-hybridized carbons (Fsp3) is 1.00. The van der Waals surface area contributed by atoms with Gasteiger partial charge in [0.15, 0.2) is 0 Å². The molecular weight excluding hydrogens is 234 g/mol. The summed E-state index contributed by atoms with van der Waals surface area (Å²) in [6.45, 7) is 10.8. The highest BCUT2D eigenvalue weighted by atomic mass is 16.3. The van der Waals surface area contributed by atoms with Crippen LogP contribution >= 0.6 is 0 Å². The first-order valence-corrected chi connectivity index (χ1v) is 8.31. The van der Waals surface area contributed by atoms with Gasteiger partial charge in [0.1, 0.15) is 0 Å². The van der Waals surface area contributed by atoms with E-state index in [-0.39, 0.29) is 0 Å². The minimum absolute atomic E-state index is 0.330. The summed E-state index contributed by atoms with van der Waals surface area (Å²) in [5, 5.41) is 12.8. The highest BCUT2D eigenvalue weighted by Crippen LogP contribution is 2.36. The van der Waals surface area contributed by atoms with Gasteiger partial charge in [-0.05, 0) is 55.9 Å². The molecule has 0 spiro atoms. The van der Waals surface area contributed by atoms with E-state index < -0.39 is 0 Å². The standard InChI is InChI=1S/C17H35NO/c1-5-14(11-12-19)13-18-16-8-6-7-15(9-10-16)17(2,3)4/h14-16,18-19H,5-13H2,1-4H3. The first-order chi connectivity index (χ1) is 8.97. The van der Waals surface area contributed by atoms with Gasteiger partial charge in [0.25, 0.3) is 0 Å². The fourth-order valence-corrected chi connectivity index (χ4v) is 3.34. The lowest BCUT2D eigenvalue weighted by molar-refractivity contribution is 0.212. The van der Waals surface area contributed by atoms with Crippen LogP contribution in [0.3, 0.4) is 0 Å². The molecule has 2 heteroatoms. The number of nitrogens with one attached hydrogen (secondary N) is 1. The molecule has 1 rings (SSSR count). The molecule has 19 heavy (non-hydrogen) atoms. The molecule has 2 N–H and O–H groups in total. The van der Waals surface area contributed by atoms with Crippen LogP contribution in [0.15, 0.2) is 0 Å². The Bertz CT molecular complexity index is 234. The Kier molecular flexibility index (Phi) is 7.38. The van der Waals surface area contributed by atoms with Gasteiger partial charge in [-0.1, -0.05) is 40.5 Å². The molecule has 0 amide bonds. The maximum Gasteiger partial charge on any atom is 0.0434 e. The molecule has 114 valence electrons. The van der Waals surface area contributed by atoms with E-state index in [9.17, 15) is 0 Å². The van der Waals surface area contributed by atoms with Crippen LogP contribution in [0.1, 0.15) is 72.6 Å². The number of hydrogen-bond acceptors (Lipinski definition) is 2. The van der Waals surface area contributed by atoms with Crippen molar-refractivity contribution < 1.29 is 5.11 Å². The van der Waals surface area contributed by atoms with E-state index in [4.69, 9.17) is 5.11 Å². The van der Waals surface area contributed by atoms with Crippen LogP contribution in [0.25, 0.3) is 0 Å². The van der Waals surface area contributed by atoms with Crippen molar-refractivity contribution in [2.24, 2.45) is 17.3 Å². The van der Waals surface area contributed by atoms with Gasteiger partial charge in [0.05, 0.1) is 0 Å². The lowest BCUT2D eigenvalue weighted by atomic mass is 9.76. The smallest absolute Gasteiger partial charge is 0.0434 e. The van der Waals surface area contributed by atoms with Crippen LogP contribution in [-0.2, 0) is 0 Å². The SMILES string of the molecule is CCC(CCO)CNC1CCCC(C(C)(C)C)CC1. The number of hydrogen-bond donors (Lipinski definition) is 2. The van der Waals surface area contributed by atoms with Crippen molar-refractivity contribution in [3.63, 3.8) is 0 Å². The summed E-state index contributed by atoms with van der Waals surface area (Å²) >= 11 is 0. The normalized spacial score (nSPS) is 27.0. The van der Waals surface area contributed by atoms with E-state index >= 15 is 0 Å². The van der Waals surface area contributed by atoms with Crippen LogP contribution in [0.5, 0.6) is 0 Å². The third-order valence-electron chi connectivity index (χ3n) is 5.00. The minimum atomic E-state index is 0.330. The predicted octanol–water partition coefficient (Wildman–Crippen LogP) is 3.98. The number of rotatable bonds is 6. The van der Waals surface area contributed by atoms with Crippen molar-refractivity contribution in [3.05, 3.63) is 0 Å². The van der Waals surface area contributed by atoms with Crippen molar-refractivity contribution in [1.29, 1.82) is 0 Å². The molecule has 0 bridgehead atoms. The number of aliphatic hydroxyl groups excluding tert-OH is 1. The Morgan fingerprint density at radius 2 is 1.89 bits per heavy atom. The second-order valence-corrected chi connectivity index (χ2v) is 7.46. The third kappa shape index (κ3) is 6.27. The van der Waals surface area contributed by atoms with Crippen LogP contribution in [-0.4, -0.2) is 24.3 Å². The van der Waals surface area contributed by atoms with Crippen molar-refractivity contribution in [3.8, 4) is 0 Å². The van der Waals surface area contributed by atoms with Crippen molar-refractivity contribution in [2.45, 2.75) is 78.7 Å². The van der Waals surface area contributed by atoms with Crippen LogP contribution in [0.4, 0.5) is 0 Å². The molecule has 0 radical (unpaired) electrons. The van der Waals surface area contributed by atoms with E-state index in [0.29, 0.717) is 24.0 Å². The monoisotopic (exact) mass is 269 g/mol. The van der Waals surface area contributed by atoms with E-state index in [2.05, 4.69) is 33.0 Å². The molecule has 3 unspecified atom stereocenters. The molecule has 1 aliphatic rings. The molecule has 1 aliphatic carbocycles. The van der Waals surface area contributed by atoms with Crippen LogP contribution < -0.4 is 5.32 Å². The highest BCUT2D eigenvalue weighted by Gasteiger charge is 2.27. The predicted molar refractivity (Wildman–Crippen MR) is 83.3 cm³/mol. The molecule has 1 fully saturated rings. The molecule has 0 aromatic rings. The molecule has 3 atom stereocenters. The summed E-state index contributed by atoms with van der Waals surface area (Å²) < 4.78 is 0. The quantitative estimate of drug-likeness (QED) is 0.715. The van der Waals surface area contributed by atoms with Crippen LogP contribution in [0.2, 0.25) is 0 Å². The minimum Gasteiger partial charge on any atom is -0.396 e. The van der Waals surface area contributed by atoms with Crippen LogP contribution in [0, 0.1) is 17.3 Å². The second-order valence-electron chi connectivity index (χ2n) is 7.46. The van der Waals surface area contributed by atoms with Gasteiger partial charge in [0, 0.05) is 12.6 Å². The number of aliphatic hydroxyl groups is 1. The summed E-state index contributed by atoms with van der Waals surface area (Å²) in [4.78, 5) is 0. The van der Waals surface area contributed by atoms with E-state index in [1.165, 1.54) is 38.5 Å². The van der Waals surface area contributed by atoms with Crippen molar-refractivity contribution >= 4 is 0 Å². The Labute approximate surface area is 120 Å². The highest BCUT2D eigenvalue weighted by molar-refractivity contribution is 4.81. The molecule has 1 saturated carbocycles. The second kappa shape index (κ2) is 8.26. The molecule has 0 aromatic heterocycles. The van der Waals surface area contributed by atoms with Gasteiger partial charge < -0.3 is 10.4 Å². The zero-order chi connectivity index (χ0) is 14.3. The van der Waals surface area contributed by atoms with Gasteiger partial charge in [-0.25, -0.2) is 0 Å². The molecule has 0 heterocycles. The average Bonchev–Trinajstić information content (AvgIpc) is 2.59. The summed E-state index contributed by atoms with van der Waals surface area (Å²) in [5.41, 5.74) is 0.470. The van der Waals surface area contributed by atoms with E-state index in [1.54, 1.807) is 0 Å². The van der Waals surface area contributed by atoms with E-state index in [1.807, 2.05) is 0 Å². The lowest BCUT2D eigenvalue weighted by Crippen LogP contribution is -2.33. The van der Waals surface area contributed by atoms with Crippen molar-refractivity contribution in [2.75, 3.05) is 13.2 Å². The maximum absolute atomic E-state index is 9.05. The van der Waals surface area contributed by atoms with Gasteiger partial charge in [-0.2, -0.15) is 0 Å². The Morgan fingerprint density at radius 3 is 2.47 bits per heavy atom. The average molecular weight is 269 g/mol. The van der Waals surface area contributed by atoms with Crippen molar-refractivity contribution in [1.82, 2.24) is 5.32 Å². The Balaban J connectivity index is 2.33. The van der Waals surface area contributed by atoms with Gasteiger partial charge in [0.2, 0.25) is 0 Å². The van der Waals surface area contributed by atoms with Gasteiger partial charge >= 0.3 is 0 Å². The first kappa shape index (κ1) is 17.0. The summed E-state index contributed by atoms with van der Waals surface area (Å²) in [6, 6.07) is 0.708. The van der Waals surface area contributed by atoms with E-state index in [0.717, 1.165) is 18.9 Å². The first-order valence-electron chi connectivity index (χ1n) is 8.31. The lowest BCUT2D eigenvalue weighted by Gasteiger charge is -2.29. The fourth-order valence-electron chi connectivity index (χ4n) is 3.34. The van der Waals surface area contributed by atoms with Gasteiger partial charge in [-0.3, -0.25) is 0 Å². The summed E-state index contributed by atoms with van der Waals surface area (Å²) in [7, 11) is 0.